The molecule has 2 saturated heterocycles. The van der Waals surface area contributed by atoms with Crippen molar-refractivity contribution in [3.8, 4) is 0 Å². The largest absolute Gasteiger partial charge is 0.480 e. The molecule has 2 aliphatic rings. The highest BCUT2D eigenvalue weighted by atomic mass is 32.2. The molecule has 30 heavy (non-hydrogen) atoms. The first kappa shape index (κ1) is 21.7. The molecule has 0 aliphatic carbocycles. The van der Waals surface area contributed by atoms with Crippen LogP contribution in [0, 0.1) is 0 Å². The summed E-state index contributed by atoms with van der Waals surface area (Å²) < 4.78 is 34.7. The molecule has 0 radical (unpaired) electrons. The van der Waals surface area contributed by atoms with Crippen LogP contribution >= 0.6 is 0 Å². The van der Waals surface area contributed by atoms with Crippen LogP contribution in [0.15, 0.2) is 0 Å². The number of carboxylic acids is 1. The van der Waals surface area contributed by atoms with E-state index in [0.717, 1.165) is 16.5 Å². The number of esters is 2. The van der Waals surface area contributed by atoms with Gasteiger partial charge in [-0.1, -0.05) is 5.21 Å². The highest BCUT2D eigenvalue weighted by Crippen LogP contribution is 2.46. The van der Waals surface area contributed by atoms with E-state index in [-0.39, 0.29) is 19.6 Å². The summed E-state index contributed by atoms with van der Waals surface area (Å²) in [6, 6.07) is -1.70. The lowest BCUT2D eigenvalue weighted by Crippen LogP contribution is -2.58. The lowest BCUT2D eigenvalue weighted by Gasteiger charge is -2.35. The van der Waals surface area contributed by atoms with Gasteiger partial charge in [-0.2, -0.15) is 0 Å². The summed E-state index contributed by atoms with van der Waals surface area (Å²) >= 11 is 0. The lowest BCUT2D eigenvalue weighted by atomic mass is 9.96. The molecule has 1 amide bonds. The highest BCUT2D eigenvalue weighted by molar-refractivity contribution is 7.93. The maximum absolute atomic E-state index is 13.1. The van der Waals surface area contributed by atoms with Crippen molar-refractivity contribution in [1.29, 1.82) is 0 Å². The van der Waals surface area contributed by atoms with Gasteiger partial charge in [-0.15, -0.1) is 5.10 Å². The number of rotatable bonds is 7. The van der Waals surface area contributed by atoms with E-state index in [0.29, 0.717) is 0 Å². The summed E-state index contributed by atoms with van der Waals surface area (Å²) in [7, 11) is -4.16. The first-order valence-electron chi connectivity index (χ1n) is 9.06. The van der Waals surface area contributed by atoms with Crippen LogP contribution in [-0.4, -0.2) is 86.6 Å². The molecule has 14 heteroatoms. The van der Waals surface area contributed by atoms with Gasteiger partial charge in [-0.05, 0) is 20.8 Å². The van der Waals surface area contributed by atoms with E-state index >= 15 is 0 Å². The molecule has 3 rings (SSSR count). The molecule has 2 aliphatic heterocycles. The van der Waals surface area contributed by atoms with E-state index in [1.165, 1.54) is 13.8 Å². The molecule has 0 spiro atoms. The Kier molecular flexibility index (Phi) is 5.30. The van der Waals surface area contributed by atoms with Crippen molar-refractivity contribution < 1.29 is 42.2 Å². The minimum Gasteiger partial charge on any atom is -0.480 e. The average molecular weight is 444 g/mol. The van der Waals surface area contributed by atoms with Gasteiger partial charge in [0.05, 0.1) is 26.2 Å². The number of aliphatic carboxylic acids is 1. The molecule has 2 fully saturated rings. The Labute approximate surface area is 170 Å². The number of hydrogen-bond acceptors (Lipinski definition) is 10. The number of sulfone groups is 1. The molecule has 0 unspecified atom stereocenters. The van der Waals surface area contributed by atoms with E-state index in [4.69, 9.17) is 9.47 Å². The molecule has 1 aromatic heterocycles. The van der Waals surface area contributed by atoms with Crippen molar-refractivity contribution in [3.05, 3.63) is 11.4 Å². The Hall–Kier alpha value is -3.03. The third kappa shape index (κ3) is 2.93. The van der Waals surface area contributed by atoms with Gasteiger partial charge < -0.3 is 19.5 Å². The molecule has 3 atom stereocenters. The van der Waals surface area contributed by atoms with E-state index in [1.807, 2.05) is 0 Å². The fourth-order valence-corrected chi connectivity index (χ4v) is 6.10. The van der Waals surface area contributed by atoms with Gasteiger partial charge in [0.1, 0.15) is 10.1 Å². The quantitative estimate of drug-likeness (QED) is 0.396. The number of carbonyl (C=O) groups excluding carboxylic acids is 3. The molecule has 1 aromatic rings. The summed E-state index contributed by atoms with van der Waals surface area (Å²) in [5.41, 5.74) is -0.947. The Morgan fingerprint density at radius 3 is 2.33 bits per heavy atom. The van der Waals surface area contributed by atoms with Gasteiger partial charge in [-0.25, -0.2) is 27.5 Å². The summed E-state index contributed by atoms with van der Waals surface area (Å²) in [6.45, 7) is 3.51. The van der Waals surface area contributed by atoms with Gasteiger partial charge in [0.25, 0.3) is 0 Å². The van der Waals surface area contributed by atoms with Crippen molar-refractivity contribution in [1.82, 2.24) is 19.9 Å². The number of carbonyl (C=O) groups is 4. The second-order valence-electron chi connectivity index (χ2n) is 6.94. The average Bonchev–Trinajstić information content (AvgIpc) is 3.11. The molecule has 0 bridgehead atoms. The third-order valence-corrected chi connectivity index (χ3v) is 7.94. The van der Waals surface area contributed by atoms with E-state index in [9.17, 15) is 32.7 Å². The van der Waals surface area contributed by atoms with Crippen LogP contribution in [0.5, 0.6) is 0 Å². The molecule has 0 saturated carbocycles. The SMILES string of the molecule is CCOC(=O)c1nnn(C[C@@]2(C)[C@H](C(=O)O)N3C(=O)C[C@H]3S2(=O)=O)c1C(=O)OCC. The molecular weight excluding hydrogens is 424 g/mol. The number of hydrogen-bond donors (Lipinski definition) is 1. The van der Waals surface area contributed by atoms with Crippen molar-refractivity contribution in [3.63, 3.8) is 0 Å². The van der Waals surface area contributed by atoms with Crippen LogP contribution in [0.1, 0.15) is 48.2 Å². The normalized spacial score (nSPS) is 26.6. The topological polar surface area (TPSA) is 175 Å². The fraction of sp³-hybridized carbons (Fsp3) is 0.625. The number of carboxylic acid groups (broad SMARTS) is 1. The van der Waals surface area contributed by atoms with Crippen LogP contribution in [0.2, 0.25) is 0 Å². The second kappa shape index (κ2) is 7.34. The van der Waals surface area contributed by atoms with Gasteiger partial charge in [-0.3, -0.25) is 4.79 Å². The summed E-state index contributed by atoms with van der Waals surface area (Å²) in [4.78, 5) is 49.2. The zero-order valence-electron chi connectivity index (χ0n) is 16.4. The molecule has 1 N–H and O–H groups in total. The van der Waals surface area contributed by atoms with Crippen molar-refractivity contribution in [2.75, 3.05) is 13.2 Å². The molecule has 3 heterocycles. The number of nitrogens with zero attached hydrogens (tertiary/aromatic N) is 4. The number of amides is 1. The minimum absolute atomic E-state index is 0.0140. The number of aromatic nitrogens is 3. The van der Waals surface area contributed by atoms with Crippen LogP contribution in [0.3, 0.4) is 0 Å². The van der Waals surface area contributed by atoms with Crippen molar-refractivity contribution >= 4 is 33.7 Å². The fourth-order valence-electron chi connectivity index (χ4n) is 3.75. The minimum atomic E-state index is -4.16. The number of fused-ring (bicyclic) bond motifs is 1. The van der Waals surface area contributed by atoms with Crippen LogP contribution < -0.4 is 0 Å². The Morgan fingerprint density at radius 2 is 1.80 bits per heavy atom. The standard InChI is InChI=1S/C16H20N4O9S/c1-4-28-14(24)10-11(15(25)29-5-2)19(18-17-10)7-16(3)12(13(22)23)20-8(21)6-9(20)30(16,26)27/h9,12H,4-7H2,1-3H3,(H,22,23)/t9-,12+,16+/m1/s1. The first-order valence-corrected chi connectivity index (χ1v) is 10.6. The van der Waals surface area contributed by atoms with E-state index in [1.54, 1.807) is 0 Å². The summed E-state index contributed by atoms with van der Waals surface area (Å²) in [6.07, 6.45) is -0.322. The predicted octanol–water partition coefficient (Wildman–Crippen LogP) is -1.17. The second-order valence-corrected chi connectivity index (χ2v) is 9.51. The zero-order chi connectivity index (χ0) is 22.4. The first-order chi connectivity index (χ1) is 14.0. The maximum Gasteiger partial charge on any atom is 0.361 e. The maximum atomic E-state index is 13.1. The zero-order valence-corrected chi connectivity index (χ0v) is 17.2. The van der Waals surface area contributed by atoms with Crippen molar-refractivity contribution in [2.24, 2.45) is 0 Å². The van der Waals surface area contributed by atoms with Gasteiger partial charge in [0.2, 0.25) is 11.6 Å². The monoisotopic (exact) mass is 444 g/mol. The Morgan fingerprint density at radius 1 is 1.20 bits per heavy atom. The molecule has 164 valence electrons. The smallest absolute Gasteiger partial charge is 0.361 e. The highest BCUT2D eigenvalue weighted by Gasteiger charge is 2.70. The Bertz CT molecular complexity index is 1030. The number of ether oxygens (including phenoxy) is 2. The van der Waals surface area contributed by atoms with Crippen LogP contribution in [0.25, 0.3) is 0 Å². The van der Waals surface area contributed by atoms with Crippen LogP contribution in [-0.2, 0) is 35.4 Å². The van der Waals surface area contributed by atoms with E-state index in [2.05, 4.69) is 10.3 Å². The third-order valence-electron chi connectivity index (χ3n) is 5.18. The van der Waals surface area contributed by atoms with Crippen molar-refractivity contribution in [2.45, 2.75) is 49.9 Å². The van der Waals surface area contributed by atoms with Crippen LogP contribution in [0.4, 0.5) is 0 Å². The van der Waals surface area contributed by atoms with E-state index < -0.39 is 67.7 Å². The predicted molar refractivity (Wildman–Crippen MR) is 95.9 cm³/mol. The lowest BCUT2D eigenvalue weighted by molar-refractivity contribution is -0.157. The summed E-state index contributed by atoms with van der Waals surface area (Å²) in [5, 5.41) is 15.7. The molecule has 0 aromatic carbocycles. The molecule has 13 nitrogen and oxygen atoms in total. The number of β-lactam (4-membered cyclic amide) rings is 1. The van der Waals surface area contributed by atoms with Gasteiger partial charge in [0, 0.05) is 0 Å². The van der Waals surface area contributed by atoms with Gasteiger partial charge >= 0.3 is 17.9 Å². The molecular formula is C16H20N4O9S. The summed E-state index contributed by atoms with van der Waals surface area (Å²) in [5.74, 6) is -4.09. The Balaban J connectivity index is 2.10. The van der Waals surface area contributed by atoms with Gasteiger partial charge in [0.15, 0.2) is 21.6 Å².